The third-order valence-electron chi connectivity index (χ3n) is 10.3. The van der Waals surface area contributed by atoms with Crippen LogP contribution in [0.5, 0.6) is 0 Å². The Morgan fingerprint density at radius 3 is 2.12 bits per heavy atom. The maximum atomic E-state index is 13.8. The van der Waals surface area contributed by atoms with Crippen molar-refractivity contribution in [1.82, 2.24) is 10.0 Å². The second-order valence-electron chi connectivity index (χ2n) is 14.7. The maximum Gasteiger partial charge on any atom is 0.335 e. The van der Waals surface area contributed by atoms with E-state index in [2.05, 4.69) is 10.0 Å². The molecule has 0 bridgehead atoms. The average Bonchev–Trinajstić information content (AvgIpc) is 3.28. The molecule has 4 N–H and O–H groups in total. The fourth-order valence-corrected chi connectivity index (χ4v) is 9.11. The van der Waals surface area contributed by atoms with Gasteiger partial charge < -0.3 is 25.0 Å². The van der Waals surface area contributed by atoms with Crippen LogP contribution in [0.1, 0.15) is 62.6 Å². The largest absolute Gasteiger partial charge is 0.478 e. The van der Waals surface area contributed by atoms with Gasteiger partial charge in [0.1, 0.15) is 6.04 Å². The van der Waals surface area contributed by atoms with Crippen LogP contribution in [0.25, 0.3) is 11.1 Å². The molecular weight excluding hydrogens is 797 g/mol. The number of thioether (sulfide) groups is 1. The minimum atomic E-state index is -3.99. The zero-order valence-corrected chi connectivity index (χ0v) is 34.6. The molecule has 308 valence electrons. The Hall–Kier alpha value is -5.60. The fraction of sp³-hybridized carbons (Fsp3) is 0.208. The quantitative estimate of drug-likeness (QED) is 0.0705. The minimum absolute atomic E-state index is 0.0514. The number of rotatable bonds is 16. The number of aromatic carboxylic acids is 1. The predicted octanol–water partition coefficient (Wildman–Crippen LogP) is 8.40. The molecule has 60 heavy (non-hydrogen) atoms. The predicted molar refractivity (Wildman–Crippen MR) is 232 cm³/mol. The van der Waals surface area contributed by atoms with Gasteiger partial charge >= 0.3 is 5.97 Å². The first-order chi connectivity index (χ1) is 29.0. The van der Waals surface area contributed by atoms with Crippen LogP contribution in [-0.4, -0.2) is 48.4 Å². The van der Waals surface area contributed by atoms with E-state index in [4.69, 9.17) is 9.47 Å². The summed E-state index contributed by atoms with van der Waals surface area (Å²) in [7, 11) is -3.99. The maximum absolute atomic E-state index is 13.8. The van der Waals surface area contributed by atoms with Gasteiger partial charge in [-0.05, 0) is 83.1 Å². The lowest BCUT2D eigenvalue weighted by Crippen LogP contribution is -2.47. The van der Waals surface area contributed by atoms with E-state index in [-0.39, 0.29) is 42.2 Å². The number of carbonyl (C=O) groups excluding carboxylic acids is 1. The summed E-state index contributed by atoms with van der Waals surface area (Å²) >= 11 is 1.59. The summed E-state index contributed by atoms with van der Waals surface area (Å²) in [6, 6.07) is 44.9. The lowest BCUT2D eigenvalue weighted by Gasteiger charge is -2.36. The molecule has 0 unspecified atom stereocenters. The highest BCUT2D eigenvalue weighted by molar-refractivity contribution is 7.99. The first kappa shape index (κ1) is 42.5. The van der Waals surface area contributed by atoms with E-state index < -0.39 is 34.2 Å². The van der Waals surface area contributed by atoms with Crippen LogP contribution >= 0.6 is 11.8 Å². The van der Waals surface area contributed by atoms with Crippen LogP contribution in [0.2, 0.25) is 0 Å². The van der Waals surface area contributed by atoms with E-state index in [0.717, 1.165) is 49.4 Å². The number of ether oxygens (including phenoxy) is 2. The monoisotopic (exact) mass is 842 g/mol. The topological polar surface area (TPSA) is 151 Å². The molecule has 1 fully saturated rings. The molecular formula is C48H46N2O8S2. The van der Waals surface area contributed by atoms with Gasteiger partial charge in [0.15, 0.2) is 6.29 Å². The molecule has 0 aromatic heterocycles. The van der Waals surface area contributed by atoms with Crippen LogP contribution in [0.4, 0.5) is 0 Å². The van der Waals surface area contributed by atoms with Crippen molar-refractivity contribution in [2.75, 3.05) is 5.75 Å². The number of carboxylic acids is 1. The van der Waals surface area contributed by atoms with Crippen molar-refractivity contribution in [3.63, 3.8) is 0 Å². The van der Waals surface area contributed by atoms with Gasteiger partial charge in [0, 0.05) is 29.2 Å². The number of amides is 1. The summed E-state index contributed by atoms with van der Waals surface area (Å²) in [6.45, 7) is 1.99. The van der Waals surface area contributed by atoms with E-state index in [9.17, 15) is 28.2 Å². The number of nitrogens with one attached hydrogen (secondary N) is 2. The number of carbonyl (C=O) groups is 2. The number of hydrogen-bond donors (Lipinski definition) is 4. The first-order valence-electron chi connectivity index (χ1n) is 19.6. The normalized spacial score (nSPS) is 17.1. The molecule has 1 saturated heterocycles. The second kappa shape index (κ2) is 19.6. The summed E-state index contributed by atoms with van der Waals surface area (Å²) in [4.78, 5) is 26.2. The number of hydrogen-bond acceptors (Lipinski definition) is 8. The average molecular weight is 843 g/mol. The summed E-state index contributed by atoms with van der Waals surface area (Å²) in [6.07, 6.45) is -0.360. The number of aliphatic hydroxyl groups excluding tert-OH is 1. The second-order valence-corrected chi connectivity index (χ2v) is 17.5. The fourth-order valence-electron chi connectivity index (χ4n) is 7.00. The molecule has 0 spiro atoms. The smallest absolute Gasteiger partial charge is 0.335 e. The van der Waals surface area contributed by atoms with E-state index in [1.54, 1.807) is 48.2 Å². The Kier molecular flexibility index (Phi) is 13.9. The summed E-state index contributed by atoms with van der Waals surface area (Å²) in [5.74, 6) is -0.797. The van der Waals surface area contributed by atoms with E-state index in [1.807, 2.05) is 110 Å². The molecule has 0 radical (unpaired) electrons. The molecule has 0 aliphatic carbocycles. The first-order valence-corrected chi connectivity index (χ1v) is 22.1. The van der Waals surface area contributed by atoms with E-state index in [1.165, 1.54) is 12.1 Å². The van der Waals surface area contributed by atoms with Crippen molar-refractivity contribution >= 4 is 33.7 Å². The van der Waals surface area contributed by atoms with Crippen molar-refractivity contribution in [2.45, 2.75) is 67.2 Å². The summed E-state index contributed by atoms with van der Waals surface area (Å²) in [5, 5.41) is 21.9. The third kappa shape index (κ3) is 11.0. The highest BCUT2D eigenvalue weighted by Gasteiger charge is 2.32. The van der Waals surface area contributed by atoms with Crippen LogP contribution in [0, 0.1) is 6.92 Å². The van der Waals surface area contributed by atoms with Crippen molar-refractivity contribution in [3.05, 3.63) is 191 Å². The minimum Gasteiger partial charge on any atom is -0.478 e. The number of aliphatic hydroxyl groups is 1. The molecule has 4 atom stereocenters. The Morgan fingerprint density at radius 2 is 1.43 bits per heavy atom. The van der Waals surface area contributed by atoms with Crippen molar-refractivity contribution in [3.8, 4) is 11.1 Å². The van der Waals surface area contributed by atoms with Crippen molar-refractivity contribution in [1.29, 1.82) is 0 Å². The molecule has 6 aromatic rings. The van der Waals surface area contributed by atoms with Gasteiger partial charge in [0.05, 0.1) is 29.3 Å². The van der Waals surface area contributed by atoms with Gasteiger partial charge in [0.25, 0.3) is 0 Å². The zero-order chi connectivity index (χ0) is 42.1. The van der Waals surface area contributed by atoms with Gasteiger partial charge in [-0.3, -0.25) is 4.79 Å². The zero-order valence-electron chi connectivity index (χ0n) is 32.9. The number of aryl methyl sites for hydroxylation is 1. The number of benzene rings is 6. The van der Waals surface area contributed by atoms with Gasteiger partial charge in [-0.15, -0.1) is 11.8 Å². The Morgan fingerprint density at radius 1 is 0.767 bits per heavy atom. The van der Waals surface area contributed by atoms with Crippen LogP contribution in [0.3, 0.4) is 0 Å². The molecule has 7 rings (SSSR count). The van der Waals surface area contributed by atoms with Crippen LogP contribution in [-0.2, 0) is 43.9 Å². The summed E-state index contributed by atoms with van der Waals surface area (Å²) in [5.41, 5.74) is 7.25. The Bertz CT molecular complexity index is 2480. The lowest BCUT2D eigenvalue weighted by atomic mass is 9.97. The van der Waals surface area contributed by atoms with Crippen molar-refractivity contribution in [2.24, 2.45) is 0 Å². The molecule has 6 aromatic carbocycles. The van der Waals surface area contributed by atoms with Crippen molar-refractivity contribution < 1.29 is 37.7 Å². The van der Waals surface area contributed by atoms with Gasteiger partial charge in [-0.2, -0.15) is 4.72 Å². The molecule has 0 saturated carbocycles. The van der Waals surface area contributed by atoms with E-state index in [0.29, 0.717) is 12.2 Å². The molecule has 1 aliphatic heterocycles. The molecule has 10 nitrogen and oxygen atoms in total. The molecule has 12 heteroatoms. The van der Waals surface area contributed by atoms with E-state index >= 15 is 0 Å². The summed E-state index contributed by atoms with van der Waals surface area (Å²) < 4.78 is 42.6. The number of sulfonamides is 1. The highest BCUT2D eigenvalue weighted by Crippen LogP contribution is 2.40. The SMILES string of the molecule is Cc1ccc(S(=O)(=O)N[C@H](Cc2ccccc2)C(=O)NCc2ccccc2-c2ccc([C@@H]3O[C@H](CSc4ccc(C(=O)O)cc4)C[C@H](c4ccc(CO)cc4)O3)cc2)cc1. The molecule has 1 amide bonds. The molecule has 1 heterocycles. The van der Waals surface area contributed by atoms with Crippen LogP contribution < -0.4 is 10.0 Å². The Labute approximate surface area is 354 Å². The Balaban J connectivity index is 1.06. The van der Waals surface area contributed by atoms with Crippen LogP contribution in [0.15, 0.2) is 161 Å². The van der Waals surface area contributed by atoms with Gasteiger partial charge in [0.2, 0.25) is 15.9 Å². The third-order valence-corrected chi connectivity index (χ3v) is 13.0. The standard InChI is InChI=1S/C48H46N2O8S2/c1-32-11-25-42(26-12-32)60(55,56)50-44(27-33-7-3-2-4-8-33)46(52)49-29-39-9-5-6-10-43(39)35-17-19-38(20-18-35)48-57-40(31-59-41-23-21-37(22-24-41)47(53)54)28-45(58-48)36-15-13-34(30-51)14-16-36/h2-26,40,44-45,48,50-51H,27-31H2,1H3,(H,49,52)(H,53,54)/t40-,44+,45+,48+/m0/s1. The van der Waals surface area contributed by atoms with Gasteiger partial charge in [-0.25, -0.2) is 13.2 Å². The number of carboxylic acid groups (broad SMARTS) is 1. The highest BCUT2D eigenvalue weighted by atomic mass is 32.2. The molecule has 1 aliphatic rings. The van der Waals surface area contributed by atoms with Gasteiger partial charge in [-0.1, -0.05) is 121 Å². The lowest BCUT2D eigenvalue weighted by molar-refractivity contribution is -0.245.